The van der Waals surface area contributed by atoms with Gasteiger partial charge in [0.05, 0.1) is 6.54 Å². The van der Waals surface area contributed by atoms with E-state index in [4.69, 9.17) is 0 Å². The molecule has 0 saturated carbocycles. The molecule has 4 nitrogen and oxygen atoms in total. The largest absolute Gasteiger partial charge is 0.355 e. The Morgan fingerprint density at radius 2 is 2.00 bits per heavy atom. The minimum atomic E-state index is -0.870. The highest BCUT2D eigenvalue weighted by atomic mass is 32.2. The molecule has 1 aromatic heterocycles. The van der Waals surface area contributed by atoms with E-state index in [9.17, 15) is 4.21 Å². The second-order valence-electron chi connectivity index (χ2n) is 5.15. The van der Waals surface area contributed by atoms with Crippen LogP contribution in [0, 0.1) is 6.92 Å². The maximum Gasteiger partial charge on any atom is 0.191 e. The summed E-state index contributed by atoms with van der Waals surface area (Å²) < 4.78 is 12.1. The number of benzene rings is 1. The van der Waals surface area contributed by atoms with Gasteiger partial charge in [0.1, 0.15) is 0 Å². The van der Waals surface area contributed by atoms with Crippen molar-refractivity contribution in [3.8, 4) is 0 Å². The van der Waals surface area contributed by atoms with E-state index in [1.807, 2.05) is 30.3 Å². The smallest absolute Gasteiger partial charge is 0.191 e. The average molecular weight is 350 g/mol. The van der Waals surface area contributed by atoms with E-state index in [1.54, 1.807) is 18.4 Å². The molecule has 2 N–H and O–H groups in total. The third-order valence-corrected chi connectivity index (χ3v) is 5.74. The van der Waals surface area contributed by atoms with Crippen molar-refractivity contribution >= 4 is 28.1 Å². The molecule has 0 aliphatic rings. The fraction of sp³-hybridized carbons (Fsp3) is 0.353. The summed E-state index contributed by atoms with van der Waals surface area (Å²) in [6.07, 6.45) is 0. The minimum Gasteiger partial charge on any atom is -0.355 e. The summed E-state index contributed by atoms with van der Waals surface area (Å²) in [6.45, 7) is 3.51. The molecule has 1 unspecified atom stereocenters. The lowest BCUT2D eigenvalue weighted by atomic mass is 10.2. The monoisotopic (exact) mass is 349 g/mol. The average Bonchev–Trinajstić information content (AvgIpc) is 2.97. The van der Waals surface area contributed by atoms with Crippen molar-refractivity contribution in [1.82, 2.24) is 10.6 Å². The summed E-state index contributed by atoms with van der Waals surface area (Å²) in [6, 6.07) is 12.1. The molecule has 0 fully saturated rings. The van der Waals surface area contributed by atoms with E-state index in [1.165, 1.54) is 10.4 Å². The van der Waals surface area contributed by atoms with Gasteiger partial charge in [-0.15, -0.1) is 11.3 Å². The Balaban J connectivity index is 1.69. The van der Waals surface area contributed by atoms with Gasteiger partial charge in [0.15, 0.2) is 5.96 Å². The molecule has 124 valence electrons. The molecular formula is C17H23N3OS2. The van der Waals surface area contributed by atoms with E-state index in [0.29, 0.717) is 18.1 Å². The van der Waals surface area contributed by atoms with Gasteiger partial charge in [-0.3, -0.25) is 9.20 Å². The first-order valence-corrected chi connectivity index (χ1v) is 9.92. The van der Waals surface area contributed by atoms with Gasteiger partial charge in [0, 0.05) is 40.8 Å². The van der Waals surface area contributed by atoms with Crippen molar-refractivity contribution in [3.05, 3.63) is 57.8 Å². The van der Waals surface area contributed by atoms with Gasteiger partial charge in [-0.2, -0.15) is 0 Å². The van der Waals surface area contributed by atoms with Gasteiger partial charge >= 0.3 is 0 Å². The standard InChI is InChI=1S/C17H23N3OS2/c1-14-8-10-22-16(14)12-20-17(18-2)19-9-11-23(21)13-15-6-4-3-5-7-15/h3-8,10H,9,11-13H2,1-2H3,(H2,18,19,20). The van der Waals surface area contributed by atoms with Crippen LogP contribution in [-0.2, 0) is 23.1 Å². The molecule has 2 aromatic rings. The lowest BCUT2D eigenvalue weighted by Gasteiger charge is -2.11. The Bertz CT molecular complexity index is 653. The highest BCUT2D eigenvalue weighted by Gasteiger charge is 2.04. The van der Waals surface area contributed by atoms with Gasteiger partial charge in [-0.05, 0) is 29.5 Å². The van der Waals surface area contributed by atoms with Gasteiger partial charge in [-0.1, -0.05) is 30.3 Å². The summed E-state index contributed by atoms with van der Waals surface area (Å²) in [5.74, 6) is 1.95. The van der Waals surface area contributed by atoms with Crippen LogP contribution in [0.4, 0.5) is 0 Å². The van der Waals surface area contributed by atoms with E-state index >= 15 is 0 Å². The third-order valence-electron chi connectivity index (χ3n) is 3.40. The maximum absolute atomic E-state index is 12.1. The van der Waals surface area contributed by atoms with Crippen LogP contribution in [0.15, 0.2) is 46.8 Å². The number of aryl methyl sites for hydroxylation is 1. The van der Waals surface area contributed by atoms with Gasteiger partial charge < -0.3 is 10.6 Å². The molecule has 0 spiro atoms. The molecule has 0 amide bonds. The number of nitrogens with one attached hydrogen (secondary N) is 2. The summed E-state index contributed by atoms with van der Waals surface area (Å²) in [4.78, 5) is 5.50. The van der Waals surface area contributed by atoms with Crippen LogP contribution in [0.3, 0.4) is 0 Å². The SMILES string of the molecule is CN=C(NCCS(=O)Cc1ccccc1)NCc1sccc1C. The second-order valence-corrected chi connectivity index (χ2v) is 7.73. The number of nitrogens with zero attached hydrogens (tertiary/aromatic N) is 1. The van der Waals surface area contributed by atoms with Gasteiger partial charge in [0.2, 0.25) is 0 Å². The van der Waals surface area contributed by atoms with Crippen molar-refractivity contribution in [3.63, 3.8) is 0 Å². The minimum absolute atomic E-state index is 0.600. The number of rotatable bonds is 7. The lowest BCUT2D eigenvalue weighted by molar-refractivity contribution is 0.680. The fourth-order valence-corrected chi connectivity index (χ4v) is 3.97. The highest BCUT2D eigenvalue weighted by molar-refractivity contribution is 7.84. The van der Waals surface area contributed by atoms with Crippen LogP contribution in [0.5, 0.6) is 0 Å². The van der Waals surface area contributed by atoms with Crippen molar-refractivity contribution in [2.45, 2.75) is 19.2 Å². The molecule has 0 radical (unpaired) electrons. The molecule has 0 saturated heterocycles. The zero-order valence-electron chi connectivity index (χ0n) is 13.5. The molecule has 1 aromatic carbocycles. The molecule has 6 heteroatoms. The van der Waals surface area contributed by atoms with Crippen LogP contribution >= 0.6 is 11.3 Å². The first kappa shape index (κ1) is 17.7. The van der Waals surface area contributed by atoms with E-state index in [-0.39, 0.29) is 0 Å². The number of hydrogen-bond donors (Lipinski definition) is 2. The quantitative estimate of drug-likeness (QED) is 0.597. The van der Waals surface area contributed by atoms with Crippen LogP contribution in [0.25, 0.3) is 0 Å². The molecular weight excluding hydrogens is 326 g/mol. The lowest BCUT2D eigenvalue weighted by Crippen LogP contribution is -2.38. The molecule has 1 atom stereocenters. The number of thiophene rings is 1. The Hall–Kier alpha value is -1.66. The van der Waals surface area contributed by atoms with Crippen molar-refractivity contribution in [2.75, 3.05) is 19.3 Å². The maximum atomic E-state index is 12.1. The molecule has 1 heterocycles. The number of guanidine groups is 1. The Labute approximate surface area is 144 Å². The first-order chi connectivity index (χ1) is 11.2. The summed E-state index contributed by atoms with van der Waals surface area (Å²) in [5, 5.41) is 8.60. The van der Waals surface area contributed by atoms with Crippen LogP contribution in [-0.4, -0.2) is 29.5 Å². The normalized spacial score (nSPS) is 12.9. The van der Waals surface area contributed by atoms with Gasteiger partial charge in [-0.25, -0.2) is 0 Å². The molecule has 2 rings (SSSR count). The predicted octanol–water partition coefficient (Wildman–Crippen LogP) is 2.67. The summed E-state index contributed by atoms with van der Waals surface area (Å²) >= 11 is 1.74. The fourth-order valence-electron chi connectivity index (χ4n) is 2.09. The molecule has 0 bridgehead atoms. The zero-order valence-corrected chi connectivity index (χ0v) is 15.2. The number of aliphatic imine (C=N–C) groups is 1. The predicted molar refractivity (Wildman–Crippen MR) is 100 cm³/mol. The molecule has 23 heavy (non-hydrogen) atoms. The van der Waals surface area contributed by atoms with Crippen LogP contribution in [0.1, 0.15) is 16.0 Å². The molecule has 0 aliphatic heterocycles. The van der Waals surface area contributed by atoms with E-state index in [2.05, 4.69) is 34.0 Å². The van der Waals surface area contributed by atoms with Crippen LogP contribution in [0.2, 0.25) is 0 Å². The van der Waals surface area contributed by atoms with Crippen LogP contribution < -0.4 is 10.6 Å². The van der Waals surface area contributed by atoms with Crippen molar-refractivity contribution in [2.24, 2.45) is 4.99 Å². The number of hydrogen-bond acceptors (Lipinski definition) is 3. The Kier molecular flexibility index (Phi) is 7.29. The van der Waals surface area contributed by atoms with Crippen molar-refractivity contribution in [1.29, 1.82) is 0 Å². The second kappa shape index (κ2) is 9.47. The third kappa shape index (κ3) is 6.15. The summed E-state index contributed by atoms with van der Waals surface area (Å²) in [5.41, 5.74) is 2.41. The molecule has 0 aliphatic carbocycles. The first-order valence-electron chi connectivity index (χ1n) is 7.55. The Morgan fingerprint density at radius 1 is 1.22 bits per heavy atom. The van der Waals surface area contributed by atoms with E-state index < -0.39 is 10.8 Å². The Morgan fingerprint density at radius 3 is 2.65 bits per heavy atom. The topological polar surface area (TPSA) is 53.5 Å². The zero-order chi connectivity index (χ0) is 16.5. The van der Waals surface area contributed by atoms with Gasteiger partial charge in [0.25, 0.3) is 0 Å². The van der Waals surface area contributed by atoms with E-state index in [0.717, 1.165) is 18.1 Å². The highest BCUT2D eigenvalue weighted by Crippen LogP contribution is 2.14. The summed E-state index contributed by atoms with van der Waals surface area (Å²) in [7, 11) is 0.878. The van der Waals surface area contributed by atoms with Crippen molar-refractivity contribution < 1.29 is 4.21 Å².